The lowest BCUT2D eigenvalue weighted by molar-refractivity contribution is 0.727. The highest BCUT2D eigenvalue weighted by Crippen LogP contribution is 2.27. The van der Waals surface area contributed by atoms with Gasteiger partial charge in [-0.1, -0.05) is 48.3 Å². The third-order valence-electron chi connectivity index (χ3n) is 2.77. The fraction of sp³-hybridized carbons (Fsp3) is 0.200. The van der Waals surface area contributed by atoms with E-state index in [1.165, 1.54) is 0 Å². The third-order valence-corrected chi connectivity index (χ3v) is 3.37. The van der Waals surface area contributed by atoms with Crippen molar-refractivity contribution < 1.29 is 0 Å². The first kappa shape index (κ1) is 13.4. The van der Waals surface area contributed by atoms with Gasteiger partial charge in [-0.15, -0.1) is 0 Å². The Kier molecular flexibility index (Phi) is 4.65. The fourth-order valence-corrected chi connectivity index (χ4v) is 2.19. The molecule has 0 saturated carbocycles. The van der Waals surface area contributed by atoms with Crippen LogP contribution in [0.1, 0.15) is 12.5 Å². The Morgan fingerprint density at radius 2 is 1.78 bits per heavy atom. The molecule has 1 N–H and O–H groups in total. The molecule has 2 rings (SSSR count). The summed E-state index contributed by atoms with van der Waals surface area (Å²) in [5.74, 6) is 0. The second kappa shape index (κ2) is 6.24. The molecule has 0 radical (unpaired) electrons. The van der Waals surface area contributed by atoms with Gasteiger partial charge in [-0.2, -0.15) is 0 Å². The van der Waals surface area contributed by atoms with E-state index in [1.54, 1.807) is 0 Å². The Balaban J connectivity index is 2.34. The van der Waals surface area contributed by atoms with Gasteiger partial charge in [0.15, 0.2) is 0 Å². The fourth-order valence-electron chi connectivity index (χ4n) is 1.82. The zero-order chi connectivity index (χ0) is 13.0. The van der Waals surface area contributed by atoms with Crippen molar-refractivity contribution in [2.75, 3.05) is 6.54 Å². The van der Waals surface area contributed by atoms with Crippen molar-refractivity contribution >= 4 is 23.2 Å². The van der Waals surface area contributed by atoms with Crippen LogP contribution in [0, 0.1) is 0 Å². The minimum atomic E-state index is 0.746. The maximum atomic E-state index is 6.18. The third kappa shape index (κ3) is 3.26. The van der Waals surface area contributed by atoms with Gasteiger partial charge < -0.3 is 5.32 Å². The van der Waals surface area contributed by atoms with E-state index < -0.39 is 0 Å². The normalized spacial score (nSPS) is 10.6. The van der Waals surface area contributed by atoms with Crippen molar-refractivity contribution in [3.63, 3.8) is 0 Å². The molecule has 18 heavy (non-hydrogen) atoms. The van der Waals surface area contributed by atoms with E-state index in [0.717, 1.165) is 39.8 Å². The molecule has 3 heteroatoms. The Labute approximate surface area is 118 Å². The van der Waals surface area contributed by atoms with Crippen molar-refractivity contribution in [3.8, 4) is 11.1 Å². The van der Waals surface area contributed by atoms with Crippen LogP contribution >= 0.6 is 23.2 Å². The SMILES string of the molecule is CCNCc1cc(-c2cccc(Cl)c2)ccc1Cl. The largest absolute Gasteiger partial charge is 0.313 e. The van der Waals surface area contributed by atoms with E-state index in [1.807, 2.05) is 36.4 Å². The van der Waals surface area contributed by atoms with E-state index in [9.17, 15) is 0 Å². The molecular weight excluding hydrogens is 265 g/mol. The van der Waals surface area contributed by atoms with Crippen LogP contribution in [-0.4, -0.2) is 6.54 Å². The molecule has 0 atom stereocenters. The molecule has 0 aliphatic heterocycles. The van der Waals surface area contributed by atoms with Crippen LogP contribution in [0.25, 0.3) is 11.1 Å². The van der Waals surface area contributed by atoms with Crippen LogP contribution < -0.4 is 5.32 Å². The summed E-state index contributed by atoms with van der Waals surface area (Å²) in [7, 11) is 0. The average Bonchev–Trinajstić information content (AvgIpc) is 2.38. The van der Waals surface area contributed by atoms with Gasteiger partial charge in [-0.25, -0.2) is 0 Å². The highest BCUT2D eigenvalue weighted by molar-refractivity contribution is 6.31. The van der Waals surface area contributed by atoms with Crippen molar-refractivity contribution in [1.29, 1.82) is 0 Å². The van der Waals surface area contributed by atoms with Gasteiger partial charge >= 0.3 is 0 Å². The van der Waals surface area contributed by atoms with E-state index in [4.69, 9.17) is 23.2 Å². The molecule has 0 unspecified atom stereocenters. The van der Waals surface area contributed by atoms with Crippen LogP contribution in [-0.2, 0) is 6.54 Å². The molecule has 0 saturated heterocycles. The van der Waals surface area contributed by atoms with Gasteiger partial charge in [0, 0.05) is 16.6 Å². The molecule has 94 valence electrons. The summed E-state index contributed by atoms with van der Waals surface area (Å²) in [6, 6.07) is 13.9. The minimum Gasteiger partial charge on any atom is -0.313 e. The van der Waals surface area contributed by atoms with Gasteiger partial charge in [0.05, 0.1) is 0 Å². The maximum absolute atomic E-state index is 6.18. The van der Waals surface area contributed by atoms with Crippen LogP contribution in [0.15, 0.2) is 42.5 Å². The first-order valence-corrected chi connectivity index (χ1v) is 6.71. The van der Waals surface area contributed by atoms with Gasteiger partial charge in [0.25, 0.3) is 0 Å². The highest BCUT2D eigenvalue weighted by Gasteiger charge is 2.04. The molecule has 2 aromatic carbocycles. The zero-order valence-electron chi connectivity index (χ0n) is 10.2. The summed E-state index contributed by atoms with van der Waals surface area (Å²) in [5.41, 5.74) is 3.35. The number of rotatable bonds is 4. The number of halogens is 2. The summed E-state index contributed by atoms with van der Waals surface area (Å²) in [4.78, 5) is 0. The van der Waals surface area contributed by atoms with E-state index in [-0.39, 0.29) is 0 Å². The molecule has 1 nitrogen and oxygen atoms in total. The lowest BCUT2D eigenvalue weighted by Gasteiger charge is -2.08. The molecule has 0 fully saturated rings. The topological polar surface area (TPSA) is 12.0 Å². The molecule has 0 aromatic heterocycles. The van der Waals surface area contributed by atoms with Gasteiger partial charge in [-0.3, -0.25) is 0 Å². The number of nitrogens with one attached hydrogen (secondary N) is 1. The molecule has 0 bridgehead atoms. The quantitative estimate of drug-likeness (QED) is 0.850. The molecule has 0 aliphatic rings. The standard InChI is InChI=1S/C15H15Cl2N/c1-2-18-10-13-8-12(6-7-15(13)17)11-4-3-5-14(16)9-11/h3-9,18H,2,10H2,1H3. The average molecular weight is 280 g/mol. The van der Waals surface area contributed by atoms with Gasteiger partial charge in [0.1, 0.15) is 0 Å². The van der Waals surface area contributed by atoms with Gasteiger partial charge in [-0.05, 0) is 47.5 Å². The van der Waals surface area contributed by atoms with Gasteiger partial charge in [0.2, 0.25) is 0 Å². The summed E-state index contributed by atoms with van der Waals surface area (Å²) in [6.45, 7) is 3.79. The molecule has 2 aromatic rings. The molecule has 0 spiro atoms. The van der Waals surface area contributed by atoms with Crippen LogP contribution in [0.4, 0.5) is 0 Å². The summed E-state index contributed by atoms with van der Waals surface area (Å²) in [5, 5.41) is 4.82. The van der Waals surface area contributed by atoms with Crippen LogP contribution in [0.5, 0.6) is 0 Å². The number of hydrogen-bond donors (Lipinski definition) is 1. The highest BCUT2D eigenvalue weighted by atomic mass is 35.5. The lowest BCUT2D eigenvalue weighted by atomic mass is 10.0. The second-order valence-corrected chi connectivity index (χ2v) is 4.94. The molecule has 0 aliphatic carbocycles. The van der Waals surface area contributed by atoms with Crippen LogP contribution in [0.2, 0.25) is 10.0 Å². The monoisotopic (exact) mass is 279 g/mol. The predicted molar refractivity (Wildman–Crippen MR) is 79.3 cm³/mol. The second-order valence-electron chi connectivity index (χ2n) is 4.10. The van der Waals surface area contributed by atoms with Crippen molar-refractivity contribution in [2.45, 2.75) is 13.5 Å². The smallest absolute Gasteiger partial charge is 0.0451 e. The van der Waals surface area contributed by atoms with E-state index in [2.05, 4.69) is 18.3 Å². The van der Waals surface area contributed by atoms with Crippen molar-refractivity contribution in [1.82, 2.24) is 5.32 Å². The summed E-state index contributed by atoms with van der Waals surface area (Å²) < 4.78 is 0. The lowest BCUT2D eigenvalue weighted by Crippen LogP contribution is -2.12. The molecular formula is C15H15Cl2N. The van der Waals surface area contributed by atoms with Crippen LogP contribution in [0.3, 0.4) is 0 Å². The number of benzene rings is 2. The van der Waals surface area contributed by atoms with Crippen molar-refractivity contribution in [2.24, 2.45) is 0 Å². The zero-order valence-corrected chi connectivity index (χ0v) is 11.7. The predicted octanol–water partition coefficient (Wildman–Crippen LogP) is 4.77. The Morgan fingerprint density at radius 1 is 1.00 bits per heavy atom. The Morgan fingerprint density at radius 3 is 2.50 bits per heavy atom. The Hall–Kier alpha value is -1.02. The van der Waals surface area contributed by atoms with E-state index >= 15 is 0 Å². The summed E-state index contributed by atoms with van der Waals surface area (Å²) in [6.07, 6.45) is 0. The molecule has 0 heterocycles. The van der Waals surface area contributed by atoms with E-state index in [0.29, 0.717) is 0 Å². The first-order chi connectivity index (χ1) is 8.70. The Bertz CT molecular complexity index is 538. The minimum absolute atomic E-state index is 0.746. The number of hydrogen-bond acceptors (Lipinski definition) is 1. The molecule has 0 amide bonds. The van der Waals surface area contributed by atoms with Crippen molar-refractivity contribution in [3.05, 3.63) is 58.1 Å². The maximum Gasteiger partial charge on any atom is 0.0451 e. The first-order valence-electron chi connectivity index (χ1n) is 5.96. The summed E-state index contributed by atoms with van der Waals surface area (Å²) >= 11 is 12.2.